The van der Waals surface area contributed by atoms with Crippen LogP contribution in [0.5, 0.6) is 0 Å². The van der Waals surface area contributed by atoms with Crippen molar-refractivity contribution in [2.24, 2.45) is 0 Å². The largest absolute Gasteiger partial charge is 0.479 e. The molecule has 2 heterocycles. The Labute approximate surface area is 150 Å². The normalized spacial score (nSPS) is 16.6. The van der Waals surface area contributed by atoms with Crippen molar-refractivity contribution in [1.82, 2.24) is 14.9 Å². The number of hydrogen-bond acceptors (Lipinski definition) is 4. The number of carbonyl (C=O) groups is 2. The second kappa shape index (κ2) is 6.80. The summed E-state index contributed by atoms with van der Waals surface area (Å²) >= 11 is 6.12. The van der Waals surface area contributed by atoms with Crippen LogP contribution in [0.1, 0.15) is 53.2 Å². The van der Waals surface area contributed by atoms with Gasteiger partial charge in [0, 0.05) is 12.5 Å². The molecular formula is C18H18ClN3O3. The Kier molecular flexibility index (Phi) is 4.72. The first-order chi connectivity index (χ1) is 11.9. The van der Waals surface area contributed by atoms with Gasteiger partial charge in [-0.3, -0.25) is 4.79 Å². The van der Waals surface area contributed by atoms with E-state index in [9.17, 15) is 14.7 Å². The van der Waals surface area contributed by atoms with Crippen LogP contribution in [0.3, 0.4) is 0 Å². The molecule has 0 fully saturated rings. The topological polar surface area (TPSA) is 83.4 Å². The fraction of sp³-hybridized carbons (Fsp3) is 0.333. The third-order valence-corrected chi connectivity index (χ3v) is 4.54. The molecule has 6 nitrogen and oxygen atoms in total. The van der Waals surface area contributed by atoms with Crippen molar-refractivity contribution in [3.63, 3.8) is 0 Å². The fourth-order valence-corrected chi connectivity index (χ4v) is 3.17. The van der Waals surface area contributed by atoms with E-state index in [-0.39, 0.29) is 16.6 Å². The van der Waals surface area contributed by atoms with Gasteiger partial charge in [-0.2, -0.15) is 0 Å². The van der Waals surface area contributed by atoms with Crippen molar-refractivity contribution >= 4 is 23.5 Å². The summed E-state index contributed by atoms with van der Waals surface area (Å²) in [5.41, 5.74) is 1.62. The summed E-state index contributed by atoms with van der Waals surface area (Å²) in [6.45, 7) is 4.12. The lowest BCUT2D eigenvalue weighted by Crippen LogP contribution is -2.44. The van der Waals surface area contributed by atoms with Crippen molar-refractivity contribution in [1.29, 1.82) is 0 Å². The number of fused-ring (bicyclic) bond motifs is 1. The molecule has 2 aromatic rings. The van der Waals surface area contributed by atoms with E-state index in [1.807, 2.05) is 26.0 Å². The van der Waals surface area contributed by atoms with E-state index in [0.717, 1.165) is 5.56 Å². The standard InChI is InChI=1S/C18H18ClN3O3/c1-10(2)16-20-9-13(19)14(21-16)17(23)22-8-7-11-5-3-4-6-12(11)15(22)18(24)25/h3-6,9-10,15H,7-8H2,1-2H3,(H,24,25)/t15-/m0/s1. The van der Waals surface area contributed by atoms with Crippen molar-refractivity contribution in [3.05, 3.63) is 58.1 Å². The molecule has 1 amide bonds. The van der Waals surface area contributed by atoms with Crippen LogP contribution in [0.15, 0.2) is 30.5 Å². The molecule has 0 aliphatic carbocycles. The predicted octanol–water partition coefficient (Wildman–Crippen LogP) is 3.08. The van der Waals surface area contributed by atoms with Gasteiger partial charge in [-0.25, -0.2) is 14.8 Å². The highest BCUT2D eigenvalue weighted by Crippen LogP contribution is 2.32. The Morgan fingerprint density at radius 1 is 1.32 bits per heavy atom. The van der Waals surface area contributed by atoms with Crippen LogP contribution in [-0.4, -0.2) is 38.4 Å². The maximum atomic E-state index is 13.0. The average molecular weight is 360 g/mol. The number of hydrogen-bond donors (Lipinski definition) is 1. The maximum absolute atomic E-state index is 13.0. The van der Waals surface area contributed by atoms with Crippen LogP contribution in [-0.2, 0) is 11.2 Å². The number of aromatic nitrogens is 2. The van der Waals surface area contributed by atoms with E-state index < -0.39 is 17.9 Å². The monoisotopic (exact) mass is 359 g/mol. The third-order valence-electron chi connectivity index (χ3n) is 4.26. The molecule has 0 spiro atoms. The first-order valence-electron chi connectivity index (χ1n) is 8.04. The van der Waals surface area contributed by atoms with Crippen LogP contribution in [0.25, 0.3) is 0 Å². The molecule has 1 aromatic heterocycles. The van der Waals surface area contributed by atoms with Gasteiger partial charge in [0.25, 0.3) is 5.91 Å². The van der Waals surface area contributed by atoms with Gasteiger partial charge < -0.3 is 10.0 Å². The molecule has 1 N–H and O–H groups in total. The van der Waals surface area contributed by atoms with Gasteiger partial charge >= 0.3 is 5.97 Å². The van der Waals surface area contributed by atoms with Crippen LogP contribution in [0.4, 0.5) is 0 Å². The lowest BCUT2D eigenvalue weighted by molar-refractivity contribution is -0.143. The zero-order chi connectivity index (χ0) is 18.1. The van der Waals surface area contributed by atoms with Crippen molar-refractivity contribution in [2.75, 3.05) is 6.54 Å². The summed E-state index contributed by atoms with van der Waals surface area (Å²) in [4.78, 5) is 34.6. The molecule has 1 aliphatic heterocycles. The average Bonchev–Trinajstić information content (AvgIpc) is 2.60. The van der Waals surface area contributed by atoms with E-state index in [1.54, 1.807) is 12.1 Å². The highest BCUT2D eigenvalue weighted by atomic mass is 35.5. The number of carboxylic acid groups (broad SMARTS) is 1. The Balaban J connectivity index is 2.03. The SMILES string of the molecule is CC(C)c1ncc(Cl)c(C(=O)N2CCc3ccccc3[C@H]2C(=O)O)n1. The molecular weight excluding hydrogens is 342 g/mol. The molecule has 1 aromatic carbocycles. The van der Waals surface area contributed by atoms with Crippen molar-refractivity contribution in [3.8, 4) is 0 Å². The zero-order valence-electron chi connectivity index (χ0n) is 13.9. The minimum Gasteiger partial charge on any atom is -0.479 e. The summed E-state index contributed by atoms with van der Waals surface area (Å²) in [6.07, 6.45) is 1.98. The fourth-order valence-electron chi connectivity index (χ4n) is 3.00. The highest BCUT2D eigenvalue weighted by molar-refractivity contribution is 6.33. The molecule has 3 rings (SSSR count). The first-order valence-corrected chi connectivity index (χ1v) is 8.42. The van der Waals surface area contributed by atoms with E-state index in [0.29, 0.717) is 24.4 Å². The number of halogens is 1. The molecule has 1 atom stereocenters. The summed E-state index contributed by atoms with van der Waals surface area (Å²) in [6, 6.07) is 6.23. The Morgan fingerprint density at radius 2 is 2.04 bits per heavy atom. The third kappa shape index (κ3) is 3.22. The zero-order valence-corrected chi connectivity index (χ0v) is 14.7. The molecule has 0 saturated carbocycles. The summed E-state index contributed by atoms with van der Waals surface area (Å²) in [7, 11) is 0. The van der Waals surface area contributed by atoms with Gasteiger partial charge in [0.05, 0.1) is 11.2 Å². The van der Waals surface area contributed by atoms with Crippen LogP contribution < -0.4 is 0 Å². The van der Waals surface area contributed by atoms with Gasteiger partial charge in [0.2, 0.25) is 0 Å². The van der Waals surface area contributed by atoms with Crippen molar-refractivity contribution < 1.29 is 14.7 Å². The summed E-state index contributed by atoms with van der Waals surface area (Å²) in [5.74, 6) is -1.04. The van der Waals surface area contributed by atoms with E-state index in [2.05, 4.69) is 9.97 Å². The van der Waals surface area contributed by atoms with Crippen LogP contribution in [0, 0.1) is 0 Å². The summed E-state index contributed by atoms with van der Waals surface area (Å²) < 4.78 is 0. The molecule has 25 heavy (non-hydrogen) atoms. The van der Waals surface area contributed by atoms with E-state index >= 15 is 0 Å². The number of rotatable bonds is 3. The number of amides is 1. The van der Waals surface area contributed by atoms with Crippen LogP contribution in [0.2, 0.25) is 5.02 Å². The van der Waals surface area contributed by atoms with Crippen LogP contribution >= 0.6 is 11.6 Å². The molecule has 0 unspecified atom stereocenters. The predicted molar refractivity (Wildman–Crippen MR) is 92.7 cm³/mol. The number of aliphatic carboxylic acids is 1. The Morgan fingerprint density at radius 3 is 2.72 bits per heavy atom. The van der Waals surface area contributed by atoms with Gasteiger partial charge in [-0.05, 0) is 17.5 Å². The van der Waals surface area contributed by atoms with E-state index in [1.165, 1.54) is 11.1 Å². The quantitative estimate of drug-likeness (QED) is 0.910. The van der Waals surface area contributed by atoms with Gasteiger partial charge in [0.1, 0.15) is 5.82 Å². The second-order valence-corrected chi connectivity index (χ2v) is 6.67. The first kappa shape index (κ1) is 17.4. The summed E-state index contributed by atoms with van der Waals surface area (Å²) in [5, 5.41) is 9.83. The van der Waals surface area contributed by atoms with Gasteiger partial charge in [0.15, 0.2) is 11.7 Å². The highest BCUT2D eigenvalue weighted by Gasteiger charge is 2.37. The maximum Gasteiger partial charge on any atom is 0.331 e. The minimum absolute atomic E-state index is 0.0289. The lowest BCUT2D eigenvalue weighted by Gasteiger charge is -2.34. The molecule has 0 bridgehead atoms. The molecule has 130 valence electrons. The second-order valence-electron chi connectivity index (χ2n) is 6.27. The van der Waals surface area contributed by atoms with E-state index in [4.69, 9.17) is 11.6 Å². The molecule has 1 aliphatic rings. The Bertz CT molecular complexity index is 838. The molecule has 0 saturated heterocycles. The minimum atomic E-state index is -1.07. The smallest absolute Gasteiger partial charge is 0.331 e. The molecule has 7 heteroatoms. The van der Waals surface area contributed by atoms with Crippen molar-refractivity contribution in [2.45, 2.75) is 32.2 Å². The number of carboxylic acids is 1. The van der Waals surface area contributed by atoms with Gasteiger partial charge in [-0.15, -0.1) is 0 Å². The number of nitrogens with zero attached hydrogens (tertiary/aromatic N) is 3. The number of carbonyl (C=O) groups excluding carboxylic acids is 1. The molecule has 0 radical (unpaired) electrons. The van der Waals surface area contributed by atoms with Gasteiger partial charge in [-0.1, -0.05) is 49.7 Å². The number of benzene rings is 1. The lowest BCUT2D eigenvalue weighted by atomic mass is 9.92. The Hall–Kier alpha value is -2.47.